The molecule has 0 aromatic heterocycles. The molecule has 10 nitrogen and oxygen atoms in total. The number of nitro groups is 1. The first-order chi connectivity index (χ1) is 14.4. The topological polar surface area (TPSA) is 140 Å². The van der Waals surface area contributed by atoms with Gasteiger partial charge in [0.1, 0.15) is 0 Å². The molecule has 0 radical (unpaired) electrons. The number of carbonyl (C=O) groups is 3. The van der Waals surface area contributed by atoms with Crippen LogP contribution in [-0.2, 0) is 9.53 Å². The van der Waals surface area contributed by atoms with Gasteiger partial charge in [-0.25, -0.2) is 4.79 Å². The third-order valence-electron chi connectivity index (χ3n) is 3.98. The summed E-state index contributed by atoms with van der Waals surface area (Å²) >= 11 is 0. The zero-order chi connectivity index (χ0) is 21.9. The lowest BCUT2D eigenvalue weighted by Gasteiger charge is -2.12. The standard InChI is InChI=1S/C20H22N4O6/c1-2-3-12-21-17-7-5-4-6-16(17)20(27)30-13-18(25)22-23-19(26)14-8-10-15(11-9-14)24(28)29/h4-11,21H,2-3,12-13H2,1H3,(H,22,25)(H,23,26). The highest BCUT2D eigenvalue weighted by molar-refractivity contribution is 5.97. The number of hydrogen-bond donors (Lipinski definition) is 3. The number of amides is 2. The normalized spacial score (nSPS) is 10.0. The summed E-state index contributed by atoms with van der Waals surface area (Å²) in [6, 6.07) is 11.7. The SMILES string of the molecule is CCCCNc1ccccc1C(=O)OCC(=O)NNC(=O)c1ccc([N+](=O)[O-])cc1. The minimum absolute atomic E-state index is 0.116. The number of ether oxygens (including phenoxy) is 1. The number of para-hydroxylation sites is 1. The first-order valence-electron chi connectivity index (χ1n) is 9.26. The molecule has 0 atom stereocenters. The van der Waals surface area contributed by atoms with Gasteiger partial charge < -0.3 is 10.1 Å². The van der Waals surface area contributed by atoms with E-state index in [-0.39, 0.29) is 11.3 Å². The van der Waals surface area contributed by atoms with Crippen molar-refractivity contribution in [1.29, 1.82) is 0 Å². The Hall–Kier alpha value is -3.95. The first kappa shape index (κ1) is 22.3. The third-order valence-corrected chi connectivity index (χ3v) is 3.98. The molecule has 3 N–H and O–H groups in total. The van der Waals surface area contributed by atoms with Crippen molar-refractivity contribution in [2.24, 2.45) is 0 Å². The molecule has 10 heteroatoms. The van der Waals surface area contributed by atoms with Crippen molar-refractivity contribution in [2.45, 2.75) is 19.8 Å². The lowest BCUT2D eigenvalue weighted by molar-refractivity contribution is -0.384. The highest BCUT2D eigenvalue weighted by Crippen LogP contribution is 2.16. The Kier molecular flexibility index (Phi) is 8.30. The van der Waals surface area contributed by atoms with E-state index >= 15 is 0 Å². The van der Waals surface area contributed by atoms with Crippen molar-refractivity contribution < 1.29 is 24.0 Å². The van der Waals surface area contributed by atoms with Gasteiger partial charge in [-0.2, -0.15) is 0 Å². The van der Waals surface area contributed by atoms with Gasteiger partial charge in [0, 0.05) is 29.9 Å². The number of hydrazine groups is 1. The molecule has 2 amide bonds. The van der Waals surface area contributed by atoms with Crippen LogP contribution in [0.3, 0.4) is 0 Å². The van der Waals surface area contributed by atoms with Gasteiger partial charge in [0.25, 0.3) is 17.5 Å². The number of rotatable bonds is 9. The summed E-state index contributed by atoms with van der Waals surface area (Å²) in [7, 11) is 0. The van der Waals surface area contributed by atoms with E-state index in [0.29, 0.717) is 17.8 Å². The highest BCUT2D eigenvalue weighted by Gasteiger charge is 2.15. The van der Waals surface area contributed by atoms with Crippen LogP contribution in [0.5, 0.6) is 0 Å². The van der Waals surface area contributed by atoms with Crippen LogP contribution in [0.1, 0.15) is 40.5 Å². The maximum atomic E-state index is 12.3. The van der Waals surface area contributed by atoms with Gasteiger partial charge in [-0.15, -0.1) is 0 Å². The van der Waals surface area contributed by atoms with Crippen LogP contribution in [0.15, 0.2) is 48.5 Å². The maximum absolute atomic E-state index is 12.3. The minimum Gasteiger partial charge on any atom is -0.452 e. The zero-order valence-corrected chi connectivity index (χ0v) is 16.3. The quantitative estimate of drug-likeness (QED) is 0.248. The molecule has 0 unspecified atom stereocenters. The van der Waals surface area contributed by atoms with Gasteiger partial charge in [0.05, 0.1) is 10.5 Å². The van der Waals surface area contributed by atoms with Gasteiger partial charge >= 0.3 is 5.97 Å². The minimum atomic E-state index is -0.741. The molecule has 0 aliphatic heterocycles. The molecule has 2 aromatic carbocycles. The predicted molar refractivity (Wildman–Crippen MR) is 109 cm³/mol. The second-order valence-electron chi connectivity index (χ2n) is 6.21. The number of benzene rings is 2. The van der Waals surface area contributed by atoms with E-state index in [1.165, 1.54) is 24.3 Å². The Morgan fingerprint density at radius 1 is 1.03 bits per heavy atom. The van der Waals surface area contributed by atoms with Crippen molar-refractivity contribution in [3.05, 3.63) is 69.8 Å². The van der Waals surface area contributed by atoms with Gasteiger partial charge in [-0.1, -0.05) is 25.5 Å². The van der Waals surface area contributed by atoms with E-state index in [9.17, 15) is 24.5 Å². The number of anilines is 1. The van der Waals surface area contributed by atoms with Crippen molar-refractivity contribution in [3.8, 4) is 0 Å². The van der Waals surface area contributed by atoms with Crippen LogP contribution in [0.4, 0.5) is 11.4 Å². The van der Waals surface area contributed by atoms with Gasteiger partial charge in [0.2, 0.25) is 0 Å². The number of non-ortho nitro benzene ring substituents is 1. The number of nitro benzene ring substituents is 1. The molecule has 2 aromatic rings. The Balaban J connectivity index is 1.82. The van der Waals surface area contributed by atoms with Gasteiger partial charge in [0.15, 0.2) is 6.61 Å². The van der Waals surface area contributed by atoms with Crippen molar-refractivity contribution in [2.75, 3.05) is 18.5 Å². The van der Waals surface area contributed by atoms with Crippen molar-refractivity contribution >= 4 is 29.2 Å². The third kappa shape index (κ3) is 6.59. The molecule has 158 valence electrons. The van der Waals surface area contributed by atoms with Crippen LogP contribution in [0.25, 0.3) is 0 Å². The summed E-state index contributed by atoms with van der Waals surface area (Å²) in [4.78, 5) is 46.1. The highest BCUT2D eigenvalue weighted by atomic mass is 16.6. The molecular formula is C20H22N4O6. The molecule has 0 heterocycles. The number of carbonyl (C=O) groups excluding carboxylic acids is 3. The Labute approximate surface area is 172 Å². The summed E-state index contributed by atoms with van der Waals surface area (Å²) < 4.78 is 5.00. The Morgan fingerprint density at radius 3 is 2.40 bits per heavy atom. The first-order valence-corrected chi connectivity index (χ1v) is 9.26. The van der Waals surface area contributed by atoms with Gasteiger partial charge in [-0.05, 0) is 30.7 Å². The fourth-order valence-electron chi connectivity index (χ4n) is 2.39. The second kappa shape index (κ2) is 11.1. The molecule has 0 spiro atoms. The molecule has 0 aliphatic carbocycles. The zero-order valence-electron chi connectivity index (χ0n) is 16.3. The van der Waals surface area contributed by atoms with Crippen LogP contribution >= 0.6 is 0 Å². The number of nitrogens with zero attached hydrogens (tertiary/aromatic N) is 1. The smallest absolute Gasteiger partial charge is 0.340 e. The lowest BCUT2D eigenvalue weighted by Crippen LogP contribution is -2.43. The number of hydrogen-bond acceptors (Lipinski definition) is 7. The molecule has 0 saturated carbocycles. The van der Waals surface area contributed by atoms with Crippen LogP contribution in [0.2, 0.25) is 0 Å². The summed E-state index contributed by atoms with van der Waals surface area (Å²) in [5.74, 6) is -2.09. The van der Waals surface area contributed by atoms with Crippen LogP contribution in [-0.4, -0.2) is 35.9 Å². The van der Waals surface area contributed by atoms with Gasteiger partial charge in [-0.3, -0.25) is 30.6 Å². The molecule has 0 saturated heterocycles. The average Bonchev–Trinajstić information content (AvgIpc) is 2.76. The number of esters is 1. The molecular weight excluding hydrogens is 392 g/mol. The van der Waals surface area contributed by atoms with E-state index in [2.05, 4.69) is 23.1 Å². The maximum Gasteiger partial charge on any atom is 0.340 e. The molecule has 0 fully saturated rings. The number of nitrogens with one attached hydrogen (secondary N) is 3. The van der Waals surface area contributed by atoms with Crippen molar-refractivity contribution in [3.63, 3.8) is 0 Å². The summed E-state index contributed by atoms with van der Waals surface area (Å²) in [6.45, 7) is 2.17. The summed E-state index contributed by atoms with van der Waals surface area (Å²) in [5.41, 5.74) is 5.13. The lowest BCUT2D eigenvalue weighted by atomic mass is 10.1. The van der Waals surface area contributed by atoms with Crippen LogP contribution < -0.4 is 16.2 Å². The average molecular weight is 414 g/mol. The molecule has 0 aliphatic rings. The van der Waals surface area contributed by atoms with E-state index in [1.54, 1.807) is 24.3 Å². The Morgan fingerprint density at radius 2 is 1.73 bits per heavy atom. The molecule has 0 bridgehead atoms. The van der Waals surface area contributed by atoms with E-state index < -0.39 is 29.3 Å². The number of unbranched alkanes of at least 4 members (excludes halogenated alkanes) is 1. The summed E-state index contributed by atoms with van der Waals surface area (Å²) in [6.07, 6.45) is 1.95. The van der Waals surface area contributed by atoms with E-state index in [4.69, 9.17) is 4.74 Å². The fourth-order valence-corrected chi connectivity index (χ4v) is 2.39. The van der Waals surface area contributed by atoms with Crippen LogP contribution in [0, 0.1) is 10.1 Å². The predicted octanol–water partition coefficient (Wildman–Crippen LogP) is 2.42. The Bertz CT molecular complexity index is 914. The van der Waals surface area contributed by atoms with E-state index in [1.807, 2.05) is 0 Å². The van der Waals surface area contributed by atoms with Crippen molar-refractivity contribution in [1.82, 2.24) is 10.9 Å². The van der Waals surface area contributed by atoms with E-state index in [0.717, 1.165) is 12.8 Å². The summed E-state index contributed by atoms with van der Waals surface area (Å²) in [5, 5.41) is 13.8. The second-order valence-corrected chi connectivity index (χ2v) is 6.21. The fraction of sp³-hybridized carbons (Fsp3) is 0.250. The monoisotopic (exact) mass is 414 g/mol. The molecule has 30 heavy (non-hydrogen) atoms. The molecule has 2 rings (SSSR count). The largest absolute Gasteiger partial charge is 0.452 e.